The highest BCUT2D eigenvalue weighted by molar-refractivity contribution is 5.82. The Kier molecular flexibility index (Phi) is 5.68. The molecule has 0 heterocycles. The third kappa shape index (κ3) is 4.39. The van der Waals surface area contributed by atoms with Gasteiger partial charge in [-0.3, -0.25) is 0 Å². The molecule has 1 aliphatic carbocycles. The fraction of sp³-hybridized carbons (Fsp3) is 0.692. The molecule has 0 radical (unpaired) electrons. The van der Waals surface area contributed by atoms with E-state index >= 15 is 0 Å². The van der Waals surface area contributed by atoms with E-state index in [2.05, 4.69) is 11.9 Å². The highest BCUT2D eigenvalue weighted by Crippen LogP contribution is 2.26. The summed E-state index contributed by atoms with van der Waals surface area (Å²) in [6.07, 6.45) is 5.84. The molecule has 0 saturated heterocycles. The number of unbranched alkanes of at least 4 members (excludes halogenated alkanes) is 1. The standard InChI is InChI=1S/C13H22N2O3/c1-3-5-6-11(12(16)17)14-13(18)15(9-4-2)10-7-8-10/h4,10-11H,2-3,5-9H2,1H3,(H,14,18)(H,16,17). The first-order chi connectivity index (χ1) is 8.60. The van der Waals surface area contributed by atoms with Crippen molar-refractivity contribution in [3.63, 3.8) is 0 Å². The van der Waals surface area contributed by atoms with Crippen molar-refractivity contribution in [1.82, 2.24) is 10.2 Å². The number of carboxylic acid groups (broad SMARTS) is 1. The summed E-state index contributed by atoms with van der Waals surface area (Å²) in [5, 5.41) is 11.7. The van der Waals surface area contributed by atoms with E-state index in [1.54, 1.807) is 11.0 Å². The van der Waals surface area contributed by atoms with E-state index in [0.717, 1.165) is 25.7 Å². The molecule has 0 aromatic rings. The minimum atomic E-state index is -0.967. The van der Waals surface area contributed by atoms with Gasteiger partial charge in [0.05, 0.1) is 0 Å². The SMILES string of the molecule is C=CCN(C(=O)NC(CCCC)C(=O)O)C1CC1. The Hall–Kier alpha value is -1.52. The molecule has 1 atom stereocenters. The Balaban J connectivity index is 2.52. The normalized spacial score (nSPS) is 15.8. The average molecular weight is 254 g/mol. The van der Waals surface area contributed by atoms with Crippen LogP contribution in [0.25, 0.3) is 0 Å². The predicted molar refractivity (Wildman–Crippen MR) is 69.4 cm³/mol. The molecule has 0 bridgehead atoms. The fourth-order valence-corrected chi connectivity index (χ4v) is 1.82. The zero-order valence-corrected chi connectivity index (χ0v) is 10.9. The minimum absolute atomic E-state index is 0.253. The second-order valence-corrected chi connectivity index (χ2v) is 4.65. The van der Waals surface area contributed by atoms with Crippen LogP contribution in [0.3, 0.4) is 0 Å². The minimum Gasteiger partial charge on any atom is -0.480 e. The summed E-state index contributed by atoms with van der Waals surface area (Å²) < 4.78 is 0. The topological polar surface area (TPSA) is 69.6 Å². The number of amides is 2. The maximum atomic E-state index is 12.0. The van der Waals surface area contributed by atoms with Crippen molar-refractivity contribution in [2.24, 2.45) is 0 Å². The molecule has 1 rings (SSSR count). The largest absolute Gasteiger partial charge is 0.480 e. The van der Waals surface area contributed by atoms with Gasteiger partial charge in [0.15, 0.2) is 0 Å². The lowest BCUT2D eigenvalue weighted by molar-refractivity contribution is -0.139. The third-order valence-corrected chi connectivity index (χ3v) is 3.02. The quantitative estimate of drug-likeness (QED) is 0.651. The zero-order valence-electron chi connectivity index (χ0n) is 10.9. The number of aliphatic carboxylic acids is 1. The van der Waals surface area contributed by atoms with E-state index in [-0.39, 0.29) is 12.1 Å². The van der Waals surface area contributed by atoms with Crippen LogP contribution < -0.4 is 5.32 Å². The summed E-state index contributed by atoms with van der Waals surface area (Å²) in [5.74, 6) is -0.967. The first-order valence-corrected chi connectivity index (χ1v) is 6.51. The summed E-state index contributed by atoms with van der Waals surface area (Å²) in [6.45, 7) is 6.08. The Bertz CT molecular complexity index is 313. The Morgan fingerprint density at radius 2 is 2.22 bits per heavy atom. The van der Waals surface area contributed by atoms with E-state index in [4.69, 9.17) is 5.11 Å². The van der Waals surface area contributed by atoms with Crippen LogP contribution in [0.1, 0.15) is 39.0 Å². The summed E-state index contributed by atoms with van der Waals surface area (Å²) in [6, 6.07) is -0.826. The van der Waals surface area contributed by atoms with Crippen molar-refractivity contribution in [2.75, 3.05) is 6.54 Å². The number of urea groups is 1. The molecule has 0 aliphatic heterocycles. The van der Waals surface area contributed by atoms with Crippen molar-refractivity contribution >= 4 is 12.0 Å². The molecule has 2 N–H and O–H groups in total. The summed E-state index contributed by atoms with van der Waals surface area (Å²) in [5.41, 5.74) is 0. The van der Waals surface area contributed by atoms with Gasteiger partial charge in [0.1, 0.15) is 6.04 Å². The summed E-state index contributed by atoms with van der Waals surface area (Å²) in [7, 11) is 0. The van der Waals surface area contributed by atoms with Crippen molar-refractivity contribution in [3.8, 4) is 0 Å². The van der Waals surface area contributed by atoms with E-state index in [9.17, 15) is 9.59 Å². The molecule has 1 fully saturated rings. The van der Waals surface area contributed by atoms with E-state index in [1.807, 2.05) is 6.92 Å². The van der Waals surface area contributed by atoms with Gasteiger partial charge in [-0.2, -0.15) is 0 Å². The molecule has 0 aromatic carbocycles. The first-order valence-electron chi connectivity index (χ1n) is 6.51. The molecule has 5 heteroatoms. The Labute approximate surface area is 108 Å². The van der Waals surface area contributed by atoms with Crippen LogP contribution in [0.2, 0.25) is 0 Å². The van der Waals surface area contributed by atoms with Gasteiger partial charge in [-0.25, -0.2) is 9.59 Å². The summed E-state index contributed by atoms with van der Waals surface area (Å²) >= 11 is 0. The van der Waals surface area contributed by atoms with Gasteiger partial charge in [0, 0.05) is 12.6 Å². The van der Waals surface area contributed by atoms with Crippen molar-refractivity contribution in [3.05, 3.63) is 12.7 Å². The van der Waals surface area contributed by atoms with Gasteiger partial charge in [-0.15, -0.1) is 6.58 Å². The molecule has 2 amide bonds. The molecule has 0 aromatic heterocycles. The van der Waals surface area contributed by atoms with Crippen molar-refractivity contribution < 1.29 is 14.7 Å². The van der Waals surface area contributed by atoms with Gasteiger partial charge in [-0.05, 0) is 19.3 Å². The number of rotatable bonds is 8. The lowest BCUT2D eigenvalue weighted by Gasteiger charge is -2.23. The molecule has 18 heavy (non-hydrogen) atoms. The molecule has 5 nitrogen and oxygen atoms in total. The summed E-state index contributed by atoms with van der Waals surface area (Å²) in [4.78, 5) is 24.7. The molecule has 1 unspecified atom stereocenters. The highest BCUT2D eigenvalue weighted by atomic mass is 16.4. The lowest BCUT2D eigenvalue weighted by atomic mass is 10.1. The number of nitrogens with zero attached hydrogens (tertiary/aromatic N) is 1. The number of nitrogens with one attached hydrogen (secondary N) is 1. The molecular weight excluding hydrogens is 232 g/mol. The number of carbonyl (C=O) groups is 2. The maximum Gasteiger partial charge on any atom is 0.326 e. The lowest BCUT2D eigenvalue weighted by Crippen LogP contribution is -2.48. The van der Waals surface area contributed by atoms with Gasteiger partial charge in [-0.1, -0.05) is 25.8 Å². The van der Waals surface area contributed by atoms with E-state index in [0.29, 0.717) is 13.0 Å². The zero-order chi connectivity index (χ0) is 13.5. The Morgan fingerprint density at radius 3 is 2.67 bits per heavy atom. The first kappa shape index (κ1) is 14.5. The van der Waals surface area contributed by atoms with Crippen LogP contribution in [0.4, 0.5) is 4.79 Å². The molecular formula is C13H22N2O3. The second-order valence-electron chi connectivity index (χ2n) is 4.65. The third-order valence-electron chi connectivity index (χ3n) is 3.02. The fourth-order valence-electron chi connectivity index (χ4n) is 1.82. The average Bonchev–Trinajstić information content (AvgIpc) is 3.14. The Morgan fingerprint density at radius 1 is 1.56 bits per heavy atom. The van der Waals surface area contributed by atoms with Crippen LogP contribution in [-0.2, 0) is 4.79 Å². The van der Waals surface area contributed by atoms with Crippen LogP contribution in [-0.4, -0.2) is 40.6 Å². The van der Waals surface area contributed by atoms with E-state index < -0.39 is 12.0 Å². The van der Waals surface area contributed by atoms with Gasteiger partial charge < -0.3 is 15.3 Å². The van der Waals surface area contributed by atoms with Gasteiger partial charge >= 0.3 is 12.0 Å². The maximum absolute atomic E-state index is 12.0. The van der Waals surface area contributed by atoms with Crippen LogP contribution in [0.15, 0.2) is 12.7 Å². The van der Waals surface area contributed by atoms with Gasteiger partial charge in [0.2, 0.25) is 0 Å². The van der Waals surface area contributed by atoms with Crippen LogP contribution in [0, 0.1) is 0 Å². The molecule has 0 spiro atoms. The number of hydrogen-bond acceptors (Lipinski definition) is 2. The van der Waals surface area contributed by atoms with Crippen molar-refractivity contribution in [2.45, 2.75) is 51.1 Å². The number of carbonyl (C=O) groups excluding carboxylic acids is 1. The molecule has 1 saturated carbocycles. The molecule has 102 valence electrons. The molecule has 1 aliphatic rings. The van der Waals surface area contributed by atoms with E-state index in [1.165, 1.54) is 0 Å². The predicted octanol–water partition coefficient (Wildman–Crippen LogP) is 1.99. The second kappa shape index (κ2) is 7.03. The van der Waals surface area contributed by atoms with Crippen molar-refractivity contribution in [1.29, 1.82) is 0 Å². The smallest absolute Gasteiger partial charge is 0.326 e. The highest BCUT2D eigenvalue weighted by Gasteiger charge is 2.33. The van der Waals surface area contributed by atoms with Gasteiger partial charge in [0.25, 0.3) is 0 Å². The monoisotopic (exact) mass is 254 g/mol. The van der Waals surface area contributed by atoms with Crippen LogP contribution >= 0.6 is 0 Å². The number of hydrogen-bond donors (Lipinski definition) is 2. The number of carboxylic acids is 1. The van der Waals surface area contributed by atoms with Crippen LogP contribution in [0.5, 0.6) is 0 Å².